The topological polar surface area (TPSA) is 82.4 Å². The van der Waals surface area contributed by atoms with Crippen molar-refractivity contribution < 1.29 is 19.1 Å². The Morgan fingerprint density at radius 2 is 1.90 bits per heavy atom. The molecule has 0 spiro atoms. The first-order chi connectivity index (χ1) is 14.3. The lowest BCUT2D eigenvalue weighted by atomic mass is 10.1. The third-order valence-corrected chi connectivity index (χ3v) is 4.82. The van der Waals surface area contributed by atoms with Crippen molar-refractivity contribution in [2.45, 2.75) is 65.0 Å². The largest absolute Gasteiger partial charge is 0.461 e. The van der Waals surface area contributed by atoms with Crippen LogP contribution in [-0.2, 0) is 22.4 Å². The first-order valence-electron chi connectivity index (χ1n) is 10.6. The van der Waals surface area contributed by atoms with Crippen LogP contribution in [0.15, 0.2) is 30.3 Å². The second-order valence-corrected chi connectivity index (χ2v) is 8.48. The summed E-state index contributed by atoms with van der Waals surface area (Å²) in [6, 6.07) is 9.94. The number of nitrogens with zero attached hydrogens (tertiary/aromatic N) is 2. The van der Waals surface area contributed by atoms with Gasteiger partial charge >= 0.3 is 12.1 Å². The van der Waals surface area contributed by atoms with E-state index in [1.165, 1.54) is 0 Å². The van der Waals surface area contributed by atoms with Crippen LogP contribution in [0.4, 0.5) is 4.79 Å². The number of hydrogen-bond acceptors (Lipinski definition) is 5. The molecule has 0 radical (unpaired) electrons. The molecular formula is C23H31N3O4. The summed E-state index contributed by atoms with van der Waals surface area (Å²) in [5, 5.41) is 2.66. The van der Waals surface area contributed by atoms with Crippen LogP contribution in [0.5, 0.6) is 0 Å². The number of amides is 1. The fraction of sp³-hybridized carbons (Fsp3) is 0.522. The maximum absolute atomic E-state index is 12.7. The van der Waals surface area contributed by atoms with Crippen LogP contribution < -0.4 is 5.32 Å². The highest BCUT2D eigenvalue weighted by molar-refractivity contribution is 5.89. The second-order valence-electron chi connectivity index (χ2n) is 8.48. The van der Waals surface area contributed by atoms with Crippen LogP contribution in [-0.4, -0.2) is 40.4 Å². The number of carbonyl (C=O) groups is 2. The van der Waals surface area contributed by atoms with Gasteiger partial charge in [0.15, 0.2) is 5.69 Å². The Morgan fingerprint density at radius 3 is 2.63 bits per heavy atom. The maximum Gasteiger partial charge on any atom is 0.407 e. The lowest BCUT2D eigenvalue weighted by molar-refractivity contribution is 0.0477. The van der Waals surface area contributed by atoms with Gasteiger partial charge in [0.2, 0.25) is 0 Å². The quantitative estimate of drug-likeness (QED) is 0.562. The number of alkyl carbamates (subject to hydrolysis) is 1. The highest BCUT2D eigenvalue weighted by Crippen LogP contribution is 2.27. The number of nitrogens with one attached hydrogen (secondary N) is 1. The minimum absolute atomic E-state index is 0.210. The fourth-order valence-electron chi connectivity index (χ4n) is 3.50. The number of rotatable bonds is 6. The molecule has 7 nitrogen and oxygen atoms in total. The summed E-state index contributed by atoms with van der Waals surface area (Å²) in [7, 11) is 0. The van der Waals surface area contributed by atoms with E-state index in [0.29, 0.717) is 18.7 Å². The molecule has 1 aliphatic rings. The fourth-order valence-corrected chi connectivity index (χ4v) is 3.50. The maximum atomic E-state index is 12.7. The van der Waals surface area contributed by atoms with Gasteiger partial charge in [-0.2, -0.15) is 0 Å². The molecule has 0 aliphatic carbocycles. The summed E-state index contributed by atoms with van der Waals surface area (Å²) in [4.78, 5) is 29.1. The van der Waals surface area contributed by atoms with Gasteiger partial charge in [-0.3, -0.25) is 0 Å². The summed E-state index contributed by atoms with van der Waals surface area (Å²) in [6.07, 6.45) is 4.12. The van der Waals surface area contributed by atoms with E-state index in [2.05, 4.69) is 14.9 Å². The third kappa shape index (κ3) is 5.84. The van der Waals surface area contributed by atoms with Crippen molar-refractivity contribution in [3.63, 3.8) is 0 Å². The van der Waals surface area contributed by atoms with E-state index < -0.39 is 17.7 Å². The predicted molar refractivity (Wildman–Crippen MR) is 114 cm³/mol. The zero-order valence-electron chi connectivity index (χ0n) is 18.1. The standard InChI is InChI=1S/C23H31N3O4/c1-23(2,3)30-22(28)24-14-10-16-29-21(27)19-18-13-8-5-9-15-26(18)20(25-19)17-11-6-4-7-12-17/h4,6-7,11-12H,5,8-10,13-16H2,1-3H3,(H,24,28). The van der Waals surface area contributed by atoms with Crippen LogP contribution >= 0.6 is 0 Å². The molecule has 0 bridgehead atoms. The molecule has 1 aliphatic heterocycles. The number of esters is 1. The number of aromatic nitrogens is 2. The normalized spacial score (nSPS) is 13.8. The number of benzene rings is 1. The molecule has 0 unspecified atom stereocenters. The van der Waals surface area contributed by atoms with E-state index in [-0.39, 0.29) is 6.61 Å². The minimum atomic E-state index is -0.536. The van der Waals surface area contributed by atoms with Crippen LogP contribution in [0.2, 0.25) is 0 Å². The SMILES string of the molecule is CC(C)(C)OC(=O)NCCCOC(=O)c1nc(-c2ccccc2)n2c1CCCCC2. The van der Waals surface area contributed by atoms with Crippen molar-refractivity contribution >= 4 is 12.1 Å². The Bertz CT molecular complexity index is 869. The summed E-state index contributed by atoms with van der Waals surface area (Å²) in [5.41, 5.74) is 1.84. The van der Waals surface area contributed by atoms with Gasteiger partial charge in [-0.25, -0.2) is 14.6 Å². The number of fused-ring (bicyclic) bond motifs is 1. The lowest BCUT2D eigenvalue weighted by Gasteiger charge is -2.19. The van der Waals surface area contributed by atoms with Gasteiger partial charge in [0.25, 0.3) is 0 Å². The molecule has 2 aromatic rings. The number of hydrogen-bond donors (Lipinski definition) is 1. The van der Waals surface area contributed by atoms with Crippen molar-refractivity contribution in [3.8, 4) is 11.4 Å². The lowest BCUT2D eigenvalue weighted by Crippen LogP contribution is -2.33. The van der Waals surface area contributed by atoms with Crippen LogP contribution in [0.25, 0.3) is 11.4 Å². The summed E-state index contributed by atoms with van der Waals surface area (Å²) in [5.74, 6) is 0.422. The molecule has 2 heterocycles. The van der Waals surface area contributed by atoms with Gasteiger partial charge in [0.05, 0.1) is 12.3 Å². The van der Waals surface area contributed by atoms with Crippen LogP contribution in [0.1, 0.15) is 62.6 Å². The van der Waals surface area contributed by atoms with Gasteiger partial charge in [-0.15, -0.1) is 0 Å². The molecule has 0 fully saturated rings. The molecule has 1 amide bonds. The Hall–Kier alpha value is -2.83. The van der Waals surface area contributed by atoms with Crippen LogP contribution in [0.3, 0.4) is 0 Å². The highest BCUT2D eigenvalue weighted by atomic mass is 16.6. The molecule has 7 heteroatoms. The summed E-state index contributed by atoms with van der Waals surface area (Å²) in [6.45, 7) is 6.88. The summed E-state index contributed by atoms with van der Waals surface area (Å²) >= 11 is 0. The Morgan fingerprint density at radius 1 is 1.13 bits per heavy atom. The monoisotopic (exact) mass is 413 g/mol. The molecule has 1 N–H and O–H groups in total. The van der Waals surface area contributed by atoms with E-state index in [9.17, 15) is 9.59 Å². The van der Waals surface area contributed by atoms with Gasteiger partial charge in [0, 0.05) is 18.7 Å². The average Bonchev–Trinajstić information content (AvgIpc) is 2.88. The first kappa shape index (κ1) is 21.9. The van der Waals surface area contributed by atoms with Crippen molar-refractivity contribution in [1.82, 2.24) is 14.9 Å². The minimum Gasteiger partial charge on any atom is -0.461 e. The first-order valence-corrected chi connectivity index (χ1v) is 10.6. The highest BCUT2D eigenvalue weighted by Gasteiger charge is 2.25. The van der Waals surface area contributed by atoms with Gasteiger partial charge < -0.3 is 19.4 Å². The van der Waals surface area contributed by atoms with E-state index in [1.54, 1.807) is 0 Å². The van der Waals surface area contributed by atoms with Gasteiger partial charge in [-0.1, -0.05) is 36.8 Å². The summed E-state index contributed by atoms with van der Waals surface area (Å²) < 4.78 is 12.8. The molecule has 1 aromatic heterocycles. The molecule has 0 atom stereocenters. The smallest absolute Gasteiger partial charge is 0.407 e. The predicted octanol–water partition coefficient (Wildman–Crippen LogP) is 4.35. The average molecular weight is 414 g/mol. The van der Waals surface area contributed by atoms with Gasteiger partial charge in [-0.05, 0) is 46.5 Å². The van der Waals surface area contributed by atoms with Crippen molar-refractivity contribution in [1.29, 1.82) is 0 Å². The van der Waals surface area contributed by atoms with Crippen molar-refractivity contribution in [2.24, 2.45) is 0 Å². The zero-order chi connectivity index (χ0) is 21.6. The van der Waals surface area contributed by atoms with Gasteiger partial charge in [0.1, 0.15) is 11.4 Å². The Kier molecular flexibility index (Phi) is 7.13. The molecule has 0 saturated carbocycles. The number of ether oxygens (including phenoxy) is 2. The van der Waals surface area contributed by atoms with Crippen LogP contribution in [0, 0.1) is 0 Å². The third-order valence-electron chi connectivity index (χ3n) is 4.82. The van der Waals surface area contributed by atoms with Crippen molar-refractivity contribution in [3.05, 3.63) is 41.7 Å². The molecule has 3 rings (SSSR count). The molecular weight excluding hydrogens is 382 g/mol. The number of imidazole rings is 1. The molecule has 1 aromatic carbocycles. The molecule has 30 heavy (non-hydrogen) atoms. The van der Waals surface area contributed by atoms with E-state index >= 15 is 0 Å². The second kappa shape index (κ2) is 9.78. The molecule has 162 valence electrons. The Balaban J connectivity index is 1.61. The Labute approximate surface area is 177 Å². The zero-order valence-corrected chi connectivity index (χ0v) is 18.1. The molecule has 0 saturated heterocycles. The van der Waals surface area contributed by atoms with E-state index in [1.807, 2.05) is 51.1 Å². The van der Waals surface area contributed by atoms with Crippen molar-refractivity contribution in [2.75, 3.05) is 13.2 Å². The number of carbonyl (C=O) groups excluding carboxylic acids is 2. The van der Waals surface area contributed by atoms with E-state index in [0.717, 1.165) is 49.3 Å². The van der Waals surface area contributed by atoms with E-state index in [4.69, 9.17) is 9.47 Å².